The summed E-state index contributed by atoms with van der Waals surface area (Å²) in [5.74, 6) is -2.40. The minimum Gasteiger partial charge on any atom is -0.491 e. The molecule has 0 amide bonds. The SMILES string of the molecule is O=C(O)CN1CCN(CC(=O)O)CCN(CC(O)COc2ccc(Cl)cc2)CCN(CC(=O)O)CC1. The number of halogens is 1. The van der Waals surface area contributed by atoms with E-state index in [1.165, 1.54) is 0 Å². The van der Waals surface area contributed by atoms with Crippen LogP contribution in [0.2, 0.25) is 5.02 Å². The van der Waals surface area contributed by atoms with Gasteiger partial charge in [-0.2, -0.15) is 0 Å². The number of benzene rings is 1. The lowest BCUT2D eigenvalue weighted by atomic mass is 10.3. The molecule has 1 heterocycles. The molecule has 0 aromatic heterocycles. The van der Waals surface area contributed by atoms with Crippen LogP contribution in [-0.2, 0) is 14.4 Å². The van der Waals surface area contributed by atoms with Crippen molar-refractivity contribution in [2.24, 2.45) is 0 Å². The van der Waals surface area contributed by atoms with E-state index in [2.05, 4.69) is 0 Å². The van der Waals surface area contributed by atoms with Gasteiger partial charge in [0.05, 0.1) is 19.6 Å². The van der Waals surface area contributed by atoms with E-state index in [1.807, 2.05) is 4.90 Å². The van der Waals surface area contributed by atoms with Crippen molar-refractivity contribution in [3.05, 3.63) is 29.3 Å². The standard InChI is InChI=1S/C23H35ClN4O8/c24-18-1-3-20(4-2-18)36-17-19(29)13-25-5-7-26(14-21(30)31)9-11-28(16-23(34)35)12-10-27(8-6-25)15-22(32)33/h1-4,19,29H,5-17H2,(H,30,31)(H,32,33)(H,34,35). The number of nitrogens with zero attached hydrogens (tertiary/aromatic N) is 4. The Morgan fingerprint density at radius 2 is 1.08 bits per heavy atom. The van der Waals surface area contributed by atoms with Crippen molar-refractivity contribution < 1.29 is 39.5 Å². The number of aliphatic hydroxyl groups excluding tert-OH is 1. The Morgan fingerprint density at radius 1 is 0.722 bits per heavy atom. The minimum atomic E-state index is -1.00. The van der Waals surface area contributed by atoms with Gasteiger partial charge in [-0.1, -0.05) is 11.6 Å². The first-order valence-corrected chi connectivity index (χ1v) is 12.1. The topological polar surface area (TPSA) is 154 Å². The smallest absolute Gasteiger partial charge is 0.317 e. The lowest BCUT2D eigenvalue weighted by Gasteiger charge is -2.33. The Bertz CT molecular complexity index is 812. The van der Waals surface area contributed by atoms with Crippen LogP contribution in [0.1, 0.15) is 0 Å². The van der Waals surface area contributed by atoms with Gasteiger partial charge in [-0.05, 0) is 24.3 Å². The fourth-order valence-corrected chi connectivity index (χ4v) is 4.01. The molecule has 1 aliphatic rings. The van der Waals surface area contributed by atoms with Gasteiger partial charge in [0.2, 0.25) is 0 Å². The molecule has 0 radical (unpaired) electrons. The molecule has 1 aliphatic heterocycles. The third-order valence-electron chi connectivity index (χ3n) is 5.73. The molecule has 202 valence electrons. The van der Waals surface area contributed by atoms with Crippen molar-refractivity contribution in [3.8, 4) is 5.75 Å². The number of aliphatic hydroxyl groups is 1. The van der Waals surface area contributed by atoms with E-state index in [4.69, 9.17) is 16.3 Å². The second-order valence-electron chi connectivity index (χ2n) is 8.73. The van der Waals surface area contributed by atoms with Crippen molar-refractivity contribution in [1.82, 2.24) is 19.6 Å². The lowest BCUT2D eigenvalue weighted by Crippen LogP contribution is -2.49. The average Bonchev–Trinajstić information content (AvgIpc) is 2.79. The highest BCUT2D eigenvalue weighted by molar-refractivity contribution is 6.30. The average molecular weight is 531 g/mol. The van der Waals surface area contributed by atoms with E-state index in [0.29, 0.717) is 63.1 Å². The van der Waals surface area contributed by atoms with Crippen LogP contribution in [0.5, 0.6) is 5.75 Å². The molecule has 4 N–H and O–H groups in total. The summed E-state index contributed by atoms with van der Waals surface area (Å²) in [5.41, 5.74) is 0. The highest BCUT2D eigenvalue weighted by Gasteiger charge is 2.21. The first-order chi connectivity index (χ1) is 17.1. The molecular formula is C23H35ClN4O8. The molecule has 2 rings (SSSR count). The van der Waals surface area contributed by atoms with E-state index in [0.717, 1.165) is 0 Å². The normalized spacial score (nSPS) is 18.6. The van der Waals surface area contributed by atoms with E-state index in [-0.39, 0.29) is 32.8 Å². The zero-order chi connectivity index (χ0) is 26.5. The molecule has 13 heteroatoms. The van der Waals surface area contributed by atoms with Crippen molar-refractivity contribution >= 4 is 29.5 Å². The number of carbonyl (C=O) groups is 3. The van der Waals surface area contributed by atoms with Gasteiger partial charge in [0.25, 0.3) is 0 Å². The summed E-state index contributed by atoms with van der Waals surface area (Å²) in [6.07, 6.45) is -0.833. The summed E-state index contributed by atoms with van der Waals surface area (Å²) < 4.78 is 5.63. The third kappa shape index (κ3) is 12.5. The number of ether oxygens (including phenoxy) is 1. The second-order valence-corrected chi connectivity index (χ2v) is 9.17. The largest absolute Gasteiger partial charge is 0.491 e. The predicted molar refractivity (Wildman–Crippen MR) is 132 cm³/mol. The molecule has 1 aromatic rings. The Hall–Kier alpha value is -2.48. The first-order valence-electron chi connectivity index (χ1n) is 11.7. The molecule has 0 bridgehead atoms. The second kappa shape index (κ2) is 15.6. The van der Waals surface area contributed by atoms with Gasteiger partial charge < -0.3 is 25.2 Å². The first kappa shape index (κ1) is 29.7. The van der Waals surface area contributed by atoms with Crippen LogP contribution in [0.3, 0.4) is 0 Å². The Balaban J connectivity index is 2.05. The monoisotopic (exact) mass is 530 g/mol. The molecule has 0 aliphatic carbocycles. The summed E-state index contributed by atoms with van der Waals surface area (Å²) in [4.78, 5) is 41.1. The predicted octanol–water partition coefficient (Wildman–Crippen LogP) is -0.445. The maximum Gasteiger partial charge on any atom is 0.317 e. The van der Waals surface area contributed by atoms with E-state index in [9.17, 15) is 34.8 Å². The number of carboxylic acid groups (broad SMARTS) is 3. The summed E-state index contributed by atoms with van der Waals surface area (Å²) >= 11 is 5.87. The Morgan fingerprint density at radius 3 is 1.44 bits per heavy atom. The van der Waals surface area contributed by atoms with Gasteiger partial charge in [-0.25, -0.2) is 0 Å². The molecule has 12 nitrogen and oxygen atoms in total. The quantitative estimate of drug-likeness (QED) is 0.293. The van der Waals surface area contributed by atoms with Crippen LogP contribution >= 0.6 is 11.6 Å². The number of rotatable bonds is 11. The van der Waals surface area contributed by atoms with Crippen molar-refractivity contribution in [1.29, 1.82) is 0 Å². The molecule has 1 saturated heterocycles. The number of hydrogen-bond acceptors (Lipinski definition) is 9. The van der Waals surface area contributed by atoms with Crippen molar-refractivity contribution in [3.63, 3.8) is 0 Å². The fraction of sp³-hybridized carbons (Fsp3) is 0.609. The van der Waals surface area contributed by atoms with Crippen LogP contribution in [0.15, 0.2) is 24.3 Å². The van der Waals surface area contributed by atoms with Crippen LogP contribution in [-0.4, -0.2) is 149 Å². The van der Waals surface area contributed by atoms with Gasteiger partial charge >= 0.3 is 17.9 Å². The summed E-state index contributed by atoms with van der Waals surface area (Å²) in [7, 11) is 0. The maximum atomic E-state index is 11.4. The van der Waals surface area contributed by atoms with Gasteiger partial charge in [-0.15, -0.1) is 0 Å². The lowest BCUT2D eigenvalue weighted by molar-refractivity contribution is -0.140. The van der Waals surface area contributed by atoms with E-state index >= 15 is 0 Å². The third-order valence-corrected chi connectivity index (χ3v) is 5.98. The molecule has 1 unspecified atom stereocenters. The Labute approximate surface area is 215 Å². The molecule has 1 aromatic carbocycles. The molecule has 36 heavy (non-hydrogen) atoms. The highest BCUT2D eigenvalue weighted by Crippen LogP contribution is 2.15. The van der Waals surface area contributed by atoms with Gasteiger partial charge in [-0.3, -0.25) is 34.0 Å². The van der Waals surface area contributed by atoms with E-state index in [1.54, 1.807) is 39.0 Å². The van der Waals surface area contributed by atoms with Gasteiger partial charge in [0, 0.05) is 63.9 Å². The number of aliphatic carboxylic acids is 3. The molecule has 1 fully saturated rings. The molecule has 0 saturated carbocycles. The zero-order valence-corrected chi connectivity index (χ0v) is 20.9. The van der Waals surface area contributed by atoms with E-state index < -0.39 is 24.0 Å². The van der Waals surface area contributed by atoms with Crippen molar-refractivity contribution in [2.45, 2.75) is 6.10 Å². The Kier molecular flexibility index (Phi) is 12.9. The van der Waals surface area contributed by atoms with Crippen LogP contribution < -0.4 is 4.74 Å². The van der Waals surface area contributed by atoms with Crippen LogP contribution in [0, 0.1) is 0 Å². The summed E-state index contributed by atoms with van der Waals surface area (Å²) in [6.45, 7) is 2.68. The number of β-amino-alcohol motifs (C(OH)–C–C–N with tert-alkyl or cyclic N) is 1. The highest BCUT2D eigenvalue weighted by atomic mass is 35.5. The van der Waals surface area contributed by atoms with Crippen LogP contribution in [0.4, 0.5) is 0 Å². The van der Waals surface area contributed by atoms with Crippen LogP contribution in [0.25, 0.3) is 0 Å². The summed E-state index contributed by atoms with van der Waals surface area (Å²) in [6, 6.07) is 6.77. The number of hydrogen-bond donors (Lipinski definition) is 4. The van der Waals surface area contributed by atoms with Crippen molar-refractivity contribution in [2.75, 3.05) is 85.1 Å². The summed E-state index contributed by atoms with van der Waals surface area (Å²) in [5, 5.41) is 39.0. The van der Waals surface area contributed by atoms with Gasteiger partial charge in [0.1, 0.15) is 18.5 Å². The number of carboxylic acids is 3. The molecule has 1 atom stereocenters. The molecule has 0 spiro atoms. The molecular weight excluding hydrogens is 496 g/mol. The zero-order valence-electron chi connectivity index (χ0n) is 20.2. The fourth-order valence-electron chi connectivity index (χ4n) is 3.88. The maximum absolute atomic E-state index is 11.4. The minimum absolute atomic E-state index is 0.0416. The van der Waals surface area contributed by atoms with Gasteiger partial charge in [0.15, 0.2) is 0 Å².